The minimum absolute atomic E-state index is 0.0469. The van der Waals surface area contributed by atoms with Crippen molar-refractivity contribution in [2.24, 2.45) is 5.92 Å². The van der Waals surface area contributed by atoms with Crippen molar-refractivity contribution >= 4 is 44.0 Å². The molecule has 1 aliphatic rings. The van der Waals surface area contributed by atoms with Gasteiger partial charge in [0.1, 0.15) is 5.82 Å². The van der Waals surface area contributed by atoms with Crippen LogP contribution in [0.1, 0.15) is 12.8 Å². The second-order valence-corrected chi connectivity index (χ2v) is 8.27. The Bertz CT molecular complexity index is 971. The van der Waals surface area contributed by atoms with Crippen molar-refractivity contribution in [2.75, 3.05) is 23.3 Å². The lowest BCUT2D eigenvalue weighted by Crippen LogP contribution is -2.40. The SMILES string of the molecule is O=C(Nc1c(F)cc(F)cc1Br)C1CCCN(c2nnc(-n3cccc3)s2)C1. The molecule has 1 amide bonds. The Labute approximate surface area is 172 Å². The number of piperidine rings is 1. The largest absolute Gasteiger partial charge is 0.346 e. The van der Waals surface area contributed by atoms with Gasteiger partial charge < -0.3 is 10.2 Å². The van der Waals surface area contributed by atoms with E-state index in [0.29, 0.717) is 13.0 Å². The first kappa shape index (κ1) is 19.0. The molecular formula is C18H16BrF2N5OS. The van der Waals surface area contributed by atoms with Crippen LogP contribution in [0.15, 0.2) is 41.1 Å². The zero-order valence-corrected chi connectivity index (χ0v) is 17.0. The Morgan fingerprint density at radius 2 is 1.96 bits per heavy atom. The number of benzene rings is 1. The minimum Gasteiger partial charge on any atom is -0.346 e. The molecule has 1 aromatic carbocycles. The molecular weight excluding hydrogens is 452 g/mol. The summed E-state index contributed by atoms with van der Waals surface area (Å²) >= 11 is 4.54. The van der Waals surface area contributed by atoms with Gasteiger partial charge >= 0.3 is 0 Å². The van der Waals surface area contributed by atoms with Gasteiger partial charge in [0.05, 0.1) is 11.6 Å². The summed E-state index contributed by atoms with van der Waals surface area (Å²) in [6.45, 7) is 1.24. The molecule has 28 heavy (non-hydrogen) atoms. The smallest absolute Gasteiger partial charge is 0.229 e. The highest BCUT2D eigenvalue weighted by Crippen LogP contribution is 2.30. The Kier molecular flexibility index (Phi) is 5.40. The predicted molar refractivity (Wildman–Crippen MR) is 107 cm³/mol. The van der Waals surface area contributed by atoms with Crippen LogP contribution in [0.25, 0.3) is 5.13 Å². The fraction of sp³-hybridized carbons (Fsp3) is 0.278. The summed E-state index contributed by atoms with van der Waals surface area (Å²) in [6, 6.07) is 5.69. The molecule has 0 radical (unpaired) electrons. The van der Waals surface area contributed by atoms with Gasteiger partial charge in [0.2, 0.25) is 16.2 Å². The third kappa shape index (κ3) is 3.93. The maximum Gasteiger partial charge on any atom is 0.229 e. The zero-order chi connectivity index (χ0) is 19.7. The molecule has 1 N–H and O–H groups in total. The number of aromatic nitrogens is 3. The van der Waals surface area contributed by atoms with E-state index in [0.717, 1.165) is 35.4 Å². The van der Waals surface area contributed by atoms with Gasteiger partial charge in [-0.25, -0.2) is 8.78 Å². The lowest BCUT2D eigenvalue weighted by atomic mass is 9.97. The van der Waals surface area contributed by atoms with E-state index in [4.69, 9.17) is 0 Å². The average molecular weight is 468 g/mol. The molecule has 4 rings (SSSR count). The van der Waals surface area contributed by atoms with Gasteiger partial charge in [-0.15, -0.1) is 10.2 Å². The first-order chi connectivity index (χ1) is 13.5. The van der Waals surface area contributed by atoms with Gasteiger partial charge in [-0.05, 0) is 47.0 Å². The summed E-state index contributed by atoms with van der Waals surface area (Å²) in [7, 11) is 0. The van der Waals surface area contributed by atoms with Crippen molar-refractivity contribution < 1.29 is 13.6 Å². The zero-order valence-electron chi connectivity index (χ0n) is 14.6. The Morgan fingerprint density at radius 3 is 2.71 bits per heavy atom. The molecule has 1 aliphatic heterocycles. The van der Waals surface area contributed by atoms with E-state index in [1.807, 2.05) is 34.0 Å². The van der Waals surface area contributed by atoms with E-state index in [1.54, 1.807) is 0 Å². The summed E-state index contributed by atoms with van der Waals surface area (Å²) in [5, 5.41) is 12.5. The summed E-state index contributed by atoms with van der Waals surface area (Å²) in [5.41, 5.74) is -0.0469. The topological polar surface area (TPSA) is 63.1 Å². The molecule has 0 saturated carbocycles. The third-order valence-corrected chi connectivity index (χ3v) is 6.17. The highest BCUT2D eigenvalue weighted by Gasteiger charge is 2.28. The van der Waals surface area contributed by atoms with Crippen LogP contribution in [0.4, 0.5) is 19.6 Å². The number of halogens is 3. The highest BCUT2D eigenvalue weighted by molar-refractivity contribution is 9.10. The van der Waals surface area contributed by atoms with Gasteiger partial charge in [0, 0.05) is 36.0 Å². The summed E-state index contributed by atoms with van der Waals surface area (Å²) in [4.78, 5) is 14.7. The van der Waals surface area contributed by atoms with Crippen LogP contribution in [0.3, 0.4) is 0 Å². The maximum atomic E-state index is 14.0. The van der Waals surface area contributed by atoms with Crippen LogP contribution < -0.4 is 10.2 Å². The molecule has 1 atom stereocenters. The molecule has 2 aromatic heterocycles. The van der Waals surface area contributed by atoms with E-state index >= 15 is 0 Å². The van der Waals surface area contributed by atoms with Crippen LogP contribution >= 0.6 is 27.3 Å². The fourth-order valence-corrected chi connectivity index (χ4v) is 4.51. The van der Waals surface area contributed by atoms with E-state index in [2.05, 4.69) is 31.4 Å². The van der Waals surface area contributed by atoms with Crippen molar-refractivity contribution in [1.29, 1.82) is 0 Å². The molecule has 6 nitrogen and oxygen atoms in total. The number of carbonyl (C=O) groups excluding carboxylic acids is 1. The molecule has 1 saturated heterocycles. The first-order valence-electron chi connectivity index (χ1n) is 8.68. The molecule has 146 valence electrons. The lowest BCUT2D eigenvalue weighted by Gasteiger charge is -2.31. The van der Waals surface area contributed by atoms with Crippen LogP contribution in [0, 0.1) is 17.6 Å². The van der Waals surface area contributed by atoms with Crippen molar-refractivity contribution in [3.63, 3.8) is 0 Å². The summed E-state index contributed by atoms with van der Waals surface area (Å²) in [6.07, 6.45) is 5.29. The van der Waals surface area contributed by atoms with Crippen molar-refractivity contribution in [3.8, 4) is 5.13 Å². The van der Waals surface area contributed by atoms with Gasteiger partial charge in [-0.3, -0.25) is 9.36 Å². The molecule has 1 fully saturated rings. The number of amides is 1. The monoisotopic (exact) mass is 467 g/mol. The molecule has 1 unspecified atom stereocenters. The second-order valence-electron chi connectivity index (χ2n) is 6.48. The van der Waals surface area contributed by atoms with E-state index < -0.39 is 11.6 Å². The molecule has 3 aromatic rings. The number of hydrogen-bond acceptors (Lipinski definition) is 5. The van der Waals surface area contributed by atoms with Crippen LogP contribution in [0.2, 0.25) is 0 Å². The third-order valence-electron chi connectivity index (χ3n) is 4.55. The van der Waals surface area contributed by atoms with Crippen molar-refractivity contribution in [1.82, 2.24) is 14.8 Å². The quantitative estimate of drug-likeness (QED) is 0.623. The standard InChI is InChI=1S/C18H16BrF2N5OS/c19-13-8-12(20)9-14(21)15(13)22-16(27)11-4-3-7-26(10-11)18-24-23-17(28-18)25-5-1-2-6-25/h1-2,5-6,8-9,11H,3-4,7,10H2,(H,22,27). The number of anilines is 2. The molecule has 0 aliphatic carbocycles. The lowest BCUT2D eigenvalue weighted by molar-refractivity contribution is -0.120. The Hall–Kier alpha value is -2.33. The predicted octanol–water partition coefficient (Wildman–Crippen LogP) is 4.22. The van der Waals surface area contributed by atoms with Crippen molar-refractivity contribution in [2.45, 2.75) is 12.8 Å². The van der Waals surface area contributed by atoms with E-state index in [1.165, 1.54) is 11.3 Å². The Morgan fingerprint density at radius 1 is 1.21 bits per heavy atom. The fourth-order valence-electron chi connectivity index (χ4n) is 3.15. The van der Waals surface area contributed by atoms with Gasteiger partial charge in [0.15, 0.2) is 5.82 Å². The summed E-state index contributed by atoms with van der Waals surface area (Å²) < 4.78 is 29.3. The second kappa shape index (κ2) is 7.96. The van der Waals surface area contributed by atoms with Crippen LogP contribution in [0.5, 0.6) is 0 Å². The van der Waals surface area contributed by atoms with Crippen molar-refractivity contribution in [3.05, 3.63) is 52.8 Å². The van der Waals surface area contributed by atoms with Gasteiger partial charge in [0.25, 0.3) is 0 Å². The molecule has 10 heteroatoms. The van der Waals surface area contributed by atoms with E-state index in [-0.39, 0.29) is 22.0 Å². The number of nitrogens with one attached hydrogen (secondary N) is 1. The number of hydrogen-bond donors (Lipinski definition) is 1. The highest BCUT2D eigenvalue weighted by atomic mass is 79.9. The number of nitrogens with zero attached hydrogens (tertiary/aromatic N) is 4. The number of carbonyl (C=O) groups is 1. The van der Waals surface area contributed by atoms with Gasteiger partial charge in [-0.2, -0.15) is 0 Å². The maximum absolute atomic E-state index is 14.0. The van der Waals surface area contributed by atoms with E-state index in [9.17, 15) is 13.6 Å². The molecule has 0 spiro atoms. The van der Waals surface area contributed by atoms with Crippen LogP contribution in [-0.2, 0) is 4.79 Å². The minimum atomic E-state index is -0.812. The average Bonchev–Trinajstić information content (AvgIpc) is 3.36. The first-order valence-corrected chi connectivity index (χ1v) is 10.3. The number of rotatable bonds is 4. The van der Waals surface area contributed by atoms with Crippen LogP contribution in [-0.4, -0.2) is 33.8 Å². The summed E-state index contributed by atoms with van der Waals surface area (Å²) in [5.74, 6) is -2.15. The molecule has 0 bridgehead atoms. The molecule has 3 heterocycles. The normalized spacial score (nSPS) is 17.0. The Balaban J connectivity index is 1.46. The van der Waals surface area contributed by atoms with Gasteiger partial charge in [-0.1, -0.05) is 11.3 Å².